The highest BCUT2D eigenvalue weighted by atomic mass is 16.5. The number of allylic oxidation sites excluding steroid dienone is 2. The van der Waals surface area contributed by atoms with Crippen molar-refractivity contribution < 1.29 is 23.9 Å². The number of carbonyl (C=O) groups excluding carboxylic acids is 3. The fraction of sp³-hybridized carbons (Fsp3) is 0.222. The monoisotopic (exact) mass is 443 g/mol. The van der Waals surface area contributed by atoms with Gasteiger partial charge in [0.15, 0.2) is 5.78 Å². The molecule has 0 bridgehead atoms. The molecule has 1 aliphatic carbocycles. The minimum Gasteiger partial charge on any atom is -0.463 e. The van der Waals surface area contributed by atoms with Gasteiger partial charge in [0.25, 0.3) is 0 Å². The molecular formula is C27H25NO5. The summed E-state index contributed by atoms with van der Waals surface area (Å²) >= 11 is 0. The van der Waals surface area contributed by atoms with Crippen molar-refractivity contribution >= 4 is 17.7 Å². The van der Waals surface area contributed by atoms with E-state index in [1.807, 2.05) is 24.3 Å². The van der Waals surface area contributed by atoms with Crippen LogP contribution < -0.4 is 5.32 Å². The van der Waals surface area contributed by atoms with Crippen molar-refractivity contribution in [1.82, 2.24) is 5.32 Å². The van der Waals surface area contributed by atoms with Crippen LogP contribution in [0.2, 0.25) is 0 Å². The van der Waals surface area contributed by atoms with Gasteiger partial charge in [-0.3, -0.25) is 4.79 Å². The molecule has 168 valence electrons. The van der Waals surface area contributed by atoms with Gasteiger partial charge < -0.3 is 14.8 Å². The van der Waals surface area contributed by atoms with Crippen molar-refractivity contribution in [3.63, 3.8) is 0 Å². The van der Waals surface area contributed by atoms with E-state index in [1.165, 1.54) is 6.08 Å². The summed E-state index contributed by atoms with van der Waals surface area (Å²) in [6, 6.07) is 12.8. The van der Waals surface area contributed by atoms with Crippen molar-refractivity contribution in [3.8, 4) is 11.1 Å². The lowest BCUT2D eigenvalue weighted by Crippen LogP contribution is -2.32. The van der Waals surface area contributed by atoms with Crippen LogP contribution in [0.15, 0.2) is 77.7 Å². The third kappa shape index (κ3) is 3.67. The highest BCUT2D eigenvalue weighted by Crippen LogP contribution is 2.47. The normalized spacial score (nSPS) is 16.7. The Morgan fingerprint density at radius 3 is 2.18 bits per heavy atom. The van der Waals surface area contributed by atoms with Crippen molar-refractivity contribution in [2.24, 2.45) is 0 Å². The summed E-state index contributed by atoms with van der Waals surface area (Å²) in [5.41, 5.74) is 5.12. The number of rotatable bonds is 6. The molecule has 33 heavy (non-hydrogen) atoms. The zero-order valence-electron chi connectivity index (χ0n) is 18.9. The first-order valence-corrected chi connectivity index (χ1v) is 10.8. The second kappa shape index (κ2) is 8.90. The molecule has 1 atom stereocenters. The molecule has 2 aliphatic rings. The van der Waals surface area contributed by atoms with E-state index >= 15 is 0 Å². The first kappa shape index (κ1) is 22.3. The Labute approximate surface area is 192 Å². The van der Waals surface area contributed by atoms with E-state index in [4.69, 9.17) is 9.47 Å². The van der Waals surface area contributed by atoms with Gasteiger partial charge >= 0.3 is 11.9 Å². The Hall–Kier alpha value is -3.93. The summed E-state index contributed by atoms with van der Waals surface area (Å²) in [7, 11) is 0. The number of dihydropyridines is 1. The van der Waals surface area contributed by atoms with Gasteiger partial charge in [-0.15, -0.1) is 0 Å². The first-order valence-electron chi connectivity index (χ1n) is 10.8. The number of hydrogen-bond donors (Lipinski definition) is 1. The van der Waals surface area contributed by atoms with E-state index in [1.54, 1.807) is 39.0 Å². The van der Waals surface area contributed by atoms with Crippen molar-refractivity contribution in [1.29, 1.82) is 0 Å². The quantitative estimate of drug-likeness (QED) is 0.449. The van der Waals surface area contributed by atoms with Crippen LogP contribution in [-0.2, 0) is 19.1 Å². The van der Waals surface area contributed by atoms with E-state index in [9.17, 15) is 14.4 Å². The smallest absolute Gasteiger partial charge is 0.337 e. The fourth-order valence-electron chi connectivity index (χ4n) is 4.61. The molecule has 0 spiro atoms. The van der Waals surface area contributed by atoms with Crippen molar-refractivity contribution in [2.75, 3.05) is 13.2 Å². The Morgan fingerprint density at radius 1 is 0.939 bits per heavy atom. The van der Waals surface area contributed by atoms with Crippen LogP contribution in [-0.4, -0.2) is 30.9 Å². The molecule has 2 aromatic carbocycles. The van der Waals surface area contributed by atoms with Gasteiger partial charge in [0.1, 0.15) is 6.61 Å². The first-order chi connectivity index (χ1) is 15.9. The van der Waals surface area contributed by atoms with Gasteiger partial charge in [-0.05, 0) is 37.5 Å². The van der Waals surface area contributed by atoms with Gasteiger partial charge in [0.05, 0.1) is 23.7 Å². The molecule has 0 saturated carbocycles. The van der Waals surface area contributed by atoms with Gasteiger partial charge in [-0.1, -0.05) is 55.1 Å². The molecule has 0 radical (unpaired) electrons. The standard InChI is InChI=1S/C27H25NO5/c1-5-14-33-27(31)22-16(4)28-15(3)21(26(30)32-6-2)24(22)19-12-9-13-20-23(19)17-10-7-8-11-18(17)25(20)29/h5,7-13,24,28H,1,6,14H2,2-4H3. The minimum atomic E-state index is -0.767. The van der Waals surface area contributed by atoms with Gasteiger partial charge in [0, 0.05) is 22.5 Å². The second-order valence-electron chi connectivity index (χ2n) is 7.89. The van der Waals surface area contributed by atoms with E-state index < -0.39 is 17.9 Å². The number of ether oxygens (including phenoxy) is 2. The summed E-state index contributed by atoms with van der Waals surface area (Å²) in [6.45, 7) is 9.10. The summed E-state index contributed by atoms with van der Waals surface area (Å²) in [4.78, 5) is 39.4. The van der Waals surface area contributed by atoms with Crippen LogP contribution in [0.25, 0.3) is 11.1 Å². The molecule has 4 rings (SSSR count). The van der Waals surface area contributed by atoms with Crippen LogP contribution in [0, 0.1) is 0 Å². The topological polar surface area (TPSA) is 81.7 Å². The Morgan fingerprint density at radius 2 is 1.55 bits per heavy atom. The predicted molar refractivity (Wildman–Crippen MR) is 124 cm³/mol. The van der Waals surface area contributed by atoms with E-state index in [0.717, 1.165) is 11.1 Å². The lowest BCUT2D eigenvalue weighted by molar-refractivity contribution is -0.139. The second-order valence-corrected chi connectivity index (χ2v) is 7.89. The lowest BCUT2D eigenvalue weighted by atomic mass is 9.77. The third-order valence-corrected chi connectivity index (χ3v) is 5.90. The van der Waals surface area contributed by atoms with Crippen molar-refractivity contribution in [2.45, 2.75) is 26.7 Å². The molecule has 1 aliphatic heterocycles. The van der Waals surface area contributed by atoms with Crippen LogP contribution in [0.4, 0.5) is 0 Å². The zero-order chi connectivity index (χ0) is 23.7. The van der Waals surface area contributed by atoms with Crippen LogP contribution in [0.5, 0.6) is 0 Å². The van der Waals surface area contributed by atoms with Gasteiger partial charge in [-0.25, -0.2) is 9.59 Å². The summed E-state index contributed by atoms with van der Waals surface area (Å²) in [5.74, 6) is -1.93. The number of nitrogens with one attached hydrogen (secondary N) is 1. The molecule has 0 saturated heterocycles. The fourth-order valence-corrected chi connectivity index (χ4v) is 4.61. The molecule has 1 N–H and O–H groups in total. The minimum absolute atomic E-state index is 0.0357. The van der Waals surface area contributed by atoms with Gasteiger partial charge in [0.2, 0.25) is 0 Å². The third-order valence-electron chi connectivity index (χ3n) is 5.90. The molecule has 1 heterocycles. The number of ketones is 1. The Kier molecular flexibility index (Phi) is 6.01. The number of carbonyl (C=O) groups is 3. The molecule has 6 nitrogen and oxygen atoms in total. The van der Waals surface area contributed by atoms with Crippen LogP contribution in [0.3, 0.4) is 0 Å². The predicted octanol–water partition coefficient (Wildman–Crippen LogP) is 4.43. The number of fused-ring (bicyclic) bond motifs is 3. The maximum Gasteiger partial charge on any atom is 0.337 e. The average Bonchev–Trinajstić information content (AvgIpc) is 3.09. The average molecular weight is 443 g/mol. The van der Waals surface area contributed by atoms with E-state index in [-0.39, 0.29) is 19.0 Å². The highest BCUT2D eigenvalue weighted by Gasteiger charge is 2.41. The molecular weight excluding hydrogens is 418 g/mol. The van der Waals surface area contributed by atoms with Crippen molar-refractivity contribution in [3.05, 3.63) is 94.4 Å². The molecule has 2 aromatic rings. The largest absolute Gasteiger partial charge is 0.463 e. The molecule has 0 amide bonds. The number of benzene rings is 2. The van der Waals surface area contributed by atoms with E-state index in [2.05, 4.69) is 11.9 Å². The van der Waals surface area contributed by atoms with Gasteiger partial charge in [-0.2, -0.15) is 0 Å². The number of hydrogen-bond acceptors (Lipinski definition) is 6. The summed E-state index contributed by atoms with van der Waals surface area (Å²) < 4.78 is 10.8. The maximum absolute atomic E-state index is 13.2. The maximum atomic E-state index is 13.2. The lowest BCUT2D eigenvalue weighted by Gasteiger charge is -2.31. The Balaban J connectivity index is 1.99. The zero-order valence-corrected chi connectivity index (χ0v) is 18.9. The summed E-state index contributed by atoms with van der Waals surface area (Å²) in [6.07, 6.45) is 1.49. The van der Waals surface area contributed by atoms with E-state index in [0.29, 0.717) is 39.2 Å². The summed E-state index contributed by atoms with van der Waals surface area (Å²) in [5, 5.41) is 3.14. The van der Waals surface area contributed by atoms with Crippen LogP contribution >= 0.6 is 0 Å². The molecule has 6 heteroatoms. The molecule has 1 unspecified atom stereocenters. The van der Waals surface area contributed by atoms with Crippen LogP contribution in [0.1, 0.15) is 48.2 Å². The number of esters is 2. The molecule has 0 aromatic heterocycles. The highest BCUT2D eigenvalue weighted by molar-refractivity contribution is 6.22. The SMILES string of the molecule is C=CCOC(=O)C1=C(C)NC(C)=C(C(=O)OCC)C1c1cccc2c1-c1ccccc1C2=O. The molecule has 0 fully saturated rings. The Bertz CT molecular complexity index is 1250.